The van der Waals surface area contributed by atoms with Crippen LogP contribution in [0.4, 0.5) is 0 Å². The highest BCUT2D eigenvalue weighted by Crippen LogP contribution is 2.67. The van der Waals surface area contributed by atoms with Gasteiger partial charge < -0.3 is 9.64 Å². The molecular formula is C34H49NO2. The highest BCUT2D eigenvalue weighted by atomic mass is 16.5. The number of carbonyl (C=O) groups excluding carboxylic acids is 1. The van der Waals surface area contributed by atoms with Crippen LogP contribution in [0.2, 0.25) is 0 Å². The highest BCUT2D eigenvalue weighted by Gasteiger charge is 2.62. The molecule has 6 rings (SSSR count). The van der Waals surface area contributed by atoms with Crippen LogP contribution >= 0.6 is 0 Å². The molecule has 1 aromatic rings. The minimum absolute atomic E-state index is 0.0670. The van der Waals surface area contributed by atoms with Crippen molar-refractivity contribution in [2.75, 3.05) is 13.1 Å². The van der Waals surface area contributed by atoms with Crippen LogP contribution in [0, 0.1) is 41.4 Å². The number of nitrogens with zero attached hydrogens (tertiary/aromatic N) is 1. The Kier molecular flexibility index (Phi) is 6.83. The van der Waals surface area contributed by atoms with Gasteiger partial charge in [0.25, 0.3) is 0 Å². The van der Waals surface area contributed by atoms with Crippen molar-refractivity contribution < 1.29 is 9.53 Å². The molecule has 3 nitrogen and oxygen atoms in total. The van der Waals surface area contributed by atoms with Crippen LogP contribution in [0.5, 0.6) is 0 Å². The molecule has 1 heterocycles. The van der Waals surface area contributed by atoms with Gasteiger partial charge in [0.15, 0.2) is 0 Å². The van der Waals surface area contributed by atoms with Crippen molar-refractivity contribution in [3.8, 4) is 0 Å². The molecule has 5 fully saturated rings. The summed E-state index contributed by atoms with van der Waals surface area (Å²) in [4.78, 5) is 15.1. The number of hydrogen-bond acceptors (Lipinski definition) is 3. The van der Waals surface area contributed by atoms with E-state index in [4.69, 9.17) is 4.74 Å². The molecule has 0 bridgehead atoms. The van der Waals surface area contributed by atoms with E-state index >= 15 is 0 Å². The lowest BCUT2D eigenvalue weighted by molar-refractivity contribution is -0.160. The minimum atomic E-state index is -0.129. The van der Waals surface area contributed by atoms with Crippen LogP contribution in [-0.2, 0) is 9.53 Å². The fourth-order valence-corrected chi connectivity index (χ4v) is 10.1. The lowest BCUT2D eigenvalue weighted by atomic mass is 9.45. The summed E-state index contributed by atoms with van der Waals surface area (Å²) in [6.45, 7) is 11.6. The fourth-order valence-electron chi connectivity index (χ4n) is 10.1. The number of benzene rings is 1. The van der Waals surface area contributed by atoms with Crippen LogP contribution in [-0.4, -0.2) is 36.1 Å². The number of carbonyl (C=O) groups is 1. The van der Waals surface area contributed by atoms with Crippen molar-refractivity contribution in [1.29, 1.82) is 0 Å². The van der Waals surface area contributed by atoms with Crippen molar-refractivity contribution >= 4 is 12.0 Å². The largest absolute Gasteiger partial charge is 0.457 e. The van der Waals surface area contributed by atoms with Crippen molar-refractivity contribution in [3.05, 3.63) is 41.0 Å². The Bertz CT molecular complexity index is 1020. The molecule has 0 aromatic heterocycles. The Morgan fingerprint density at radius 3 is 2.41 bits per heavy atom. The molecule has 1 aromatic carbocycles. The first-order valence-electron chi connectivity index (χ1n) is 15.5. The van der Waals surface area contributed by atoms with Gasteiger partial charge in [-0.3, -0.25) is 4.79 Å². The second-order valence-corrected chi connectivity index (χ2v) is 14.0. The summed E-state index contributed by atoms with van der Waals surface area (Å²) in [5, 5.41) is 0. The third kappa shape index (κ3) is 4.52. The molecule has 0 N–H and O–H groups in total. The summed E-state index contributed by atoms with van der Waals surface area (Å²) in [5.74, 6) is 3.00. The van der Waals surface area contributed by atoms with Crippen LogP contribution in [0.15, 0.2) is 29.8 Å². The number of fused-ring (bicyclic) bond motifs is 5. The average Bonchev–Trinajstić information content (AvgIpc) is 3.16. The van der Waals surface area contributed by atoms with Gasteiger partial charge >= 0.3 is 5.97 Å². The van der Waals surface area contributed by atoms with Crippen LogP contribution in [0.1, 0.15) is 103 Å². The third-order valence-electron chi connectivity index (χ3n) is 12.1. The maximum Gasteiger partial charge on any atom is 0.303 e. The van der Waals surface area contributed by atoms with Gasteiger partial charge in [-0.2, -0.15) is 0 Å². The molecule has 0 spiro atoms. The second kappa shape index (κ2) is 9.85. The van der Waals surface area contributed by atoms with E-state index < -0.39 is 0 Å². The molecule has 0 amide bonds. The summed E-state index contributed by atoms with van der Waals surface area (Å²) in [7, 11) is 0. The first kappa shape index (κ1) is 25.7. The van der Waals surface area contributed by atoms with Crippen LogP contribution in [0.25, 0.3) is 6.08 Å². The summed E-state index contributed by atoms with van der Waals surface area (Å²) in [5.41, 5.74) is 4.44. The predicted molar refractivity (Wildman–Crippen MR) is 151 cm³/mol. The lowest BCUT2D eigenvalue weighted by Crippen LogP contribution is -2.56. The number of hydrogen-bond donors (Lipinski definition) is 0. The quantitative estimate of drug-likeness (QED) is 0.394. The molecule has 202 valence electrons. The van der Waals surface area contributed by atoms with E-state index in [1.54, 1.807) is 6.92 Å². The van der Waals surface area contributed by atoms with Gasteiger partial charge in [0.2, 0.25) is 0 Å². The Labute approximate surface area is 225 Å². The van der Waals surface area contributed by atoms with Gasteiger partial charge in [-0.15, -0.1) is 0 Å². The summed E-state index contributed by atoms with van der Waals surface area (Å²) in [6.07, 6.45) is 17.2. The van der Waals surface area contributed by atoms with Gasteiger partial charge in [-0.25, -0.2) is 0 Å². The molecular weight excluding hydrogens is 454 g/mol. The number of rotatable bonds is 3. The summed E-state index contributed by atoms with van der Waals surface area (Å²) >= 11 is 0. The molecule has 5 aliphatic rings. The van der Waals surface area contributed by atoms with Gasteiger partial charge in [0.1, 0.15) is 6.10 Å². The number of piperidine rings is 1. The van der Waals surface area contributed by atoms with Gasteiger partial charge in [0.05, 0.1) is 0 Å². The zero-order chi connectivity index (χ0) is 25.8. The van der Waals surface area contributed by atoms with Crippen molar-refractivity contribution in [2.24, 2.45) is 34.5 Å². The lowest BCUT2D eigenvalue weighted by Gasteiger charge is -2.61. The molecule has 4 aliphatic carbocycles. The van der Waals surface area contributed by atoms with Crippen LogP contribution < -0.4 is 0 Å². The molecule has 37 heavy (non-hydrogen) atoms. The zero-order valence-corrected chi connectivity index (χ0v) is 23.8. The topological polar surface area (TPSA) is 29.5 Å². The van der Waals surface area contributed by atoms with E-state index in [0.29, 0.717) is 11.3 Å². The summed E-state index contributed by atoms with van der Waals surface area (Å²) < 4.78 is 6.17. The van der Waals surface area contributed by atoms with Crippen LogP contribution in [0.3, 0.4) is 0 Å². The van der Waals surface area contributed by atoms with E-state index in [1.165, 1.54) is 94.0 Å². The molecule has 4 saturated carbocycles. The molecule has 4 unspecified atom stereocenters. The van der Waals surface area contributed by atoms with Gasteiger partial charge in [0, 0.05) is 18.4 Å². The number of ether oxygens (including phenoxy) is 1. The highest BCUT2D eigenvalue weighted by molar-refractivity contribution is 5.67. The standard InChI is InChI=1S/C34H49NO2/c1-23-8-10-25(11-9-23)20-26-21-31-29-13-12-27-22-28(35-18-6-5-7-19-35)14-16-33(27,3)30(29)15-17-34(31,4)32(26)37-24(2)36/h8-11,20,27-32H,5-7,12-19,21-22H2,1-4H3/b26-20+/t27?,28-,29?,30?,31?,32-,33-,34-/m0/s1. The van der Waals surface area contributed by atoms with E-state index in [2.05, 4.69) is 56.0 Å². The van der Waals surface area contributed by atoms with Gasteiger partial charge in [-0.05, 0) is 124 Å². The normalized spacial score (nSPS) is 43.1. The van der Waals surface area contributed by atoms with E-state index in [0.717, 1.165) is 30.2 Å². The summed E-state index contributed by atoms with van der Waals surface area (Å²) in [6, 6.07) is 9.65. The minimum Gasteiger partial charge on any atom is -0.457 e. The first-order chi connectivity index (χ1) is 17.8. The number of likely N-dealkylation sites (tertiary alicyclic amines) is 1. The maximum atomic E-state index is 12.3. The molecule has 8 atom stereocenters. The fraction of sp³-hybridized carbons (Fsp3) is 0.735. The average molecular weight is 504 g/mol. The zero-order valence-electron chi connectivity index (χ0n) is 23.8. The Hall–Kier alpha value is -1.61. The Morgan fingerprint density at radius 1 is 0.946 bits per heavy atom. The number of aryl methyl sites for hydroxylation is 1. The molecule has 3 heteroatoms. The Morgan fingerprint density at radius 2 is 1.68 bits per heavy atom. The van der Waals surface area contributed by atoms with E-state index in [-0.39, 0.29) is 17.5 Å². The third-order valence-corrected chi connectivity index (χ3v) is 12.1. The maximum absolute atomic E-state index is 12.3. The molecule has 0 radical (unpaired) electrons. The number of esters is 1. The molecule has 1 aliphatic heterocycles. The Balaban J connectivity index is 1.25. The van der Waals surface area contributed by atoms with E-state index in [1.807, 2.05) is 0 Å². The predicted octanol–water partition coefficient (Wildman–Crippen LogP) is 7.82. The molecule has 1 saturated heterocycles. The second-order valence-electron chi connectivity index (χ2n) is 14.0. The van der Waals surface area contributed by atoms with Gasteiger partial charge in [-0.1, -0.05) is 56.2 Å². The smallest absolute Gasteiger partial charge is 0.303 e. The first-order valence-corrected chi connectivity index (χ1v) is 15.5. The van der Waals surface area contributed by atoms with Crippen molar-refractivity contribution in [3.63, 3.8) is 0 Å². The van der Waals surface area contributed by atoms with Crippen molar-refractivity contribution in [2.45, 2.75) is 110 Å². The monoisotopic (exact) mass is 503 g/mol. The SMILES string of the molecule is CC(=O)O[C@H]1/C(=C/c2ccc(C)cc2)CC2C3CCC4C[C@@H](N5CCCCC5)CC[C@]4(C)C3CC[C@@]21C. The van der Waals surface area contributed by atoms with E-state index in [9.17, 15) is 4.79 Å². The van der Waals surface area contributed by atoms with Crippen molar-refractivity contribution in [1.82, 2.24) is 4.90 Å².